The summed E-state index contributed by atoms with van der Waals surface area (Å²) in [5.74, 6) is -0.0750. The van der Waals surface area contributed by atoms with Crippen LogP contribution in [0.4, 0.5) is 0 Å². The molecule has 1 rings (SSSR count). The zero-order valence-corrected chi connectivity index (χ0v) is 6.75. The summed E-state index contributed by atoms with van der Waals surface area (Å²) < 4.78 is 4.62. The highest BCUT2D eigenvalue weighted by Gasteiger charge is 2.32. The van der Waals surface area contributed by atoms with Crippen LogP contribution in [-0.4, -0.2) is 24.8 Å². The van der Waals surface area contributed by atoms with Gasteiger partial charge in [0.15, 0.2) is 0 Å². The van der Waals surface area contributed by atoms with Gasteiger partial charge in [-0.05, 0) is 18.8 Å². The van der Waals surface area contributed by atoms with Gasteiger partial charge in [0.1, 0.15) is 0 Å². The van der Waals surface area contributed by atoms with Crippen molar-refractivity contribution in [2.75, 3.05) is 13.7 Å². The molecule has 2 atom stereocenters. The third kappa shape index (κ3) is 1.71. The minimum Gasteiger partial charge on any atom is -0.469 e. The highest BCUT2D eigenvalue weighted by atomic mass is 16.5. The SMILES string of the molecule is COC(=O)[C@H]1CCC[C@H]1CO. The van der Waals surface area contributed by atoms with Crippen LogP contribution in [0.2, 0.25) is 0 Å². The molecule has 0 amide bonds. The van der Waals surface area contributed by atoms with E-state index in [4.69, 9.17) is 5.11 Å². The molecule has 3 nitrogen and oxygen atoms in total. The van der Waals surface area contributed by atoms with E-state index in [2.05, 4.69) is 4.74 Å². The van der Waals surface area contributed by atoms with Crippen molar-refractivity contribution < 1.29 is 14.6 Å². The summed E-state index contributed by atoms with van der Waals surface area (Å²) in [5, 5.41) is 8.87. The fraction of sp³-hybridized carbons (Fsp3) is 0.875. The summed E-state index contributed by atoms with van der Waals surface area (Å²) in [5.41, 5.74) is 0. The van der Waals surface area contributed by atoms with Crippen molar-refractivity contribution in [1.82, 2.24) is 0 Å². The zero-order valence-electron chi connectivity index (χ0n) is 6.75. The maximum atomic E-state index is 11.1. The fourth-order valence-corrected chi connectivity index (χ4v) is 1.72. The van der Waals surface area contributed by atoms with Crippen LogP contribution in [0.3, 0.4) is 0 Å². The molecule has 0 aromatic rings. The van der Waals surface area contributed by atoms with Gasteiger partial charge in [-0.2, -0.15) is 0 Å². The van der Waals surface area contributed by atoms with Gasteiger partial charge in [-0.1, -0.05) is 6.42 Å². The van der Waals surface area contributed by atoms with Crippen molar-refractivity contribution in [3.8, 4) is 0 Å². The average Bonchev–Trinajstić information content (AvgIpc) is 2.50. The van der Waals surface area contributed by atoms with Gasteiger partial charge >= 0.3 is 5.97 Å². The number of carbonyl (C=O) groups is 1. The van der Waals surface area contributed by atoms with Crippen LogP contribution >= 0.6 is 0 Å². The Kier molecular flexibility index (Phi) is 2.88. The molecule has 0 unspecified atom stereocenters. The molecule has 0 spiro atoms. The van der Waals surface area contributed by atoms with E-state index >= 15 is 0 Å². The van der Waals surface area contributed by atoms with E-state index < -0.39 is 0 Å². The first-order valence-corrected chi connectivity index (χ1v) is 3.98. The molecule has 1 aliphatic rings. The van der Waals surface area contributed by atoms with Crippen molar-refractivity contribution in [3.63, 3.8) is 0 Å². The largest absolute Gasteiger partial charge is 0.469 e. The predicted octanol–water partition coefficient (Wildman–Crippen LogP) is 0.568. The van der Waals surface area contributed by atoms with Gasteiger partial charge in [0.2, 0.25) is 0 Å². The van der Waals surface area contributed by atoms with E-state index in [1.165, 1.54) is 7.11 Å². The van der Waals surface area contributed by atoms with Crippen LogP contribution < -0.4 is 0 Å². The van der Waals surface area contributed by atoms with Gasteiger partial charge in [0.05, 0.1) is 13.0 Å². The lowest BCUT2D eigenvalue weighted by Crippen LogP contribution is -2.22. The second-order valence-electron chi connectivity index (χ2n) is 3.00. The summed E-state index contributed by atoms with van der Waals surface area (Å²) in [7, 11) is 1.40. The van der Waals surface area contributed by atoms with Gasteiger partial charge in [0, 0.05) is 6.61 Å². The van der Waals surface area contributed by atoms with Gasteiger partial charge in [0.25, 0.3) is 0 Å². The van der Waals surface area contributed by atoms with E-state index in [9.17, 15) is 4.79 Å². The van der Waals surface area contributed by atoms with Crippen LogP contribution in [0, 0.1) is 11.8 Å². The molecule has 1 N–H and O–H groups in total. The number of rotatable bonds is 2. The molecule has 1 fully saturated rings. The van der Waals surface area contributed by atoms with Crippen LogP contribution in [0.1, 0.15) is 19.3 Å². The van der Waals surface area contributed by atoms with Gasteiger partial charge < -0.3 is 9.84 Å². The van der Waals surface area contributed by atoms with Crippen molar-refractivity contribution in [3.05, 3.63) is 0 Å². The number of ether oxygens (including phenoxy) is 1. The standard InChI is InChI=1S/C8H14O3/c1-11-8(10)7-4-2-3-6(7)5-9/h6-7,9H,2-5H2,1H3/t6-,7-/m0/s1. The van der Waals surface area contributed by atoms with E-state index in [-0.39, 0.29) is 24.4 Å². The lowest BCUT2D eigenvalue weighted by atomic mass is 9.97. The maximum absolute atomic E-state index is 11.1. The molecule has 0 aromatic heterocycles. The molecule has 11 heavy (non-hydrogen) atoms. The first-order chi connectivity index (χ1) is 5.29. The molecule has 0 saturated heterocycles. The molecule has 1 aliphatic carbocycles. The van der Waals surface area contributed by atoms with E-state index in [1.54, 1.807) is 0 Å². The fourth-order valence-electron chi connectivity index (χ4n) is 1.72. The molecule has 0 bridgehead atoms. The van der Waals surface area contributed by atoms with Crippen LogP contribution in [0.25, 0.3) is 0 Å². The number of esters is 1. The molecular weight excluding hydrogens is 144 g/mol. The Morgan fingerprint density at radius 2 is 2.36 bits per heavy atom. The van der Waals surface area contributed by atoms with Crippen molar-refractivity contribution >= 4 is 5.97 Å². The highest BCUT2D eigenvalue weighted by Crippen LogP contribution is 2.31. The molecule has 0 radical (unpaired) electrons. The molecule has 64 valence electrons. The Hall–Kier alpha value is -0.570. The number of hydrogen-bond donors (Lipinski definition) is 1. The Bertz CT molecular complexity index is 144. The predicted molar refractivity (Wildman–Crippen MR) is 39.9 cm³/mol. The summed E-state index contributed by atoms with van der Waals surface area (Å²) in [6.45, 7) is 0.111. The number of carbonyl (C=O) groups excluding carboxylic acids is 1. The summed E-state index contributed by atoms with van der Waals surface area (Å²) >= 11 is 0. The average molecular weight is 158 g/mol. The quantitative estimate of drug-likeness (QED) is 0.597. The molecule has 0 heterocycles. The van der Waals surface area contributed by atoms with Crippen LogP contribution in [-0.2, 0) is 9.53 Å². The highest BCUT2D eigenvalue weighted by molar-refractivity contribution is 5.72. The van der Waals surface area contributed by atoms with E-state index in [0.717, 1.165) is 19.3 Å². The molecular formula is C8H14O3. The van der Waals surface area contributed by atoms with Crippen molar-refractivity contribution in [2.45, 2.75) is 19.3 Å². The zero-order chi connectivity index (χ0) is 8.27. The van der Waals surface area contributed by atoms with Gasteiger partial charge in [-0.15, -0.1) is 0 Å². The van der Waals surface area contributed by atoms with E-state index in [1.807, 2.05) is 0 Å². The molecule has 3 heteroatoms. The summed E-state index contributed by atoms with van der Waals surface area (Å²) in [6, 6.07) is 0. The van der Waals surface area contributed by atoms with Crippen LogP contribution in [0.15, 0.2) is 0 Å². The Labute approximate surface area is 66.4 Å². The Morgan fingerprint density at radius 1 is 1.64 bits per heavy atom. The van der Waals surface area contributed by atoms with Gasteiger partial charge in [-0.3, -0.25) is 4.79 Å². The second kappa shape index (κ2) is 3.72. The van der Waals surface area contributed by atoms with Crippen molar-refractivity contribution in [2.24, 2.45) is 11.8 Å². The van der Waals surface area contributed by atoms with Gasteiger partial charge in [-0.25, -0.2) is 0 Å². The maximum Gasteiger partial charge on any atom is 0.309 e. The number of methoxy groups -OCH3 is 1. The Morgan fingerprint density at radius 3 is 2.91 bits per heavy atom. The summed E-state index contributed by atoms with van der Waals surface area (Å²) in [6.07, 6.45) is 2.86. The monoisotopic (exact) mass is 158 g/mol. The topological polar surface area (TPSA) is 46.5 Å². The number of aliphatic hydroxyl groups excluding tert-OH is 1. The van der Waals surface area contributed by atoms with Crippen LogP contribution in [0.5, 0.6) is 0 Å². The summed E-state index contributed by atoms with van der Waals surface area (Å²) in [4.78, 5) is 11.1. The normalized spacial score (nSPS) is 30.4. The molecule has 0 aliphatic heterocycles. The Balaban J connectivity index is 2.49. The van der Waals surface area contributed by atoms with E-state index in [0.29, 0.717) is 0 Å². The third-order valence-electron chi connectivity index (χ3n) is 2.40. The minimum absolute atomic E-state index is 0.0509. The lowest BCUT2D eigenvalue weighted by Gasteiger charge is -2.13. The molecule has 0 aromatic carbocycles. The minimum atomic E-state index is -0.165. The third-order valence-corrected chi connectivity index (χ3v) is 2.40. The number of hydrogen-bond acceptors (Lipinski definition) is 3. The molecule has 1 saturated carbocycles. The van der Waals surface area contributed by atoms with Crippen molar-refractivity contribution in [1.29, 1.82) is 0 Å². The smallest absolute Gasteiger partial charge is 0.309 e. The lowest BCUT2D eigenvalue weighted by molar-refractivity contribution is -0.147. The second-order valence-corrected chi connectivity index (χ2v) is 3.00. The number of aliphatic hydroxyl groups is 1. The first-order valence-electron chi connectivity index (χ1n) is 3.98. The first kappa shape index (κ1) is 8.53.